The van der Waals surface area contributed by atoms with Gasteiger partial charge in [0.2, 0.25) is 0 Å². The maximum Gasteiger partial charge on any atom is 0.148 e. The van der Waals surface area contributed by atoms with Crippen LogP contribution in [0.3, 0.4) is 0 Å². The van der Waals surface area contributed by atoms with Gasteiger partial charge in [-0.1, -0.05) is 30.3 Å². The van der Waals surface area contributed by atoms with Gasteiger partial charge < -0.3 is 10.6 Å². The summed E-state index contributed by atoms with van der Waals surface area (Å²) >= 11 is 0. The van der Waals surface area contributed by atoms with Gasteiger partial charge in [0, 0.05) is 24.9 Å². The molecule has 0 bridgehead atoms. The van der Waals surface area contributed by atoms with E-state index in [4.69, 9.17) is 0 Å². The number of benzene rings is 1. The first-order valence-corrected chi connectivity index (χ1v) is 7.73. The van der Waals surface area contributed by atoms with Gasteiger partial charge in [0.05, 0.1) is 5.69 Å². The van der Waals surface area contributed by atoms with E-state index in [1.54, 1.807) is 12.4 Å². The summed E-state index contributed by atoms with van der Waals surface area (Å²) in [5.74, 6) is 1.49. The molecule has 1 aliphatic rings. The minimum Gasteiger partial charge on any atom is -0.368 e. The molecule has 3 rings (SSSR count). The fourth-order valence-corrected chi connectivity index (χ4v) is 2.85. The Morgan fingerprint density at radius 1 is 1.05 bits per heavy atom. The van der Waals surface area contributed by atoms with Crippen molar-refractivity contribution >= 4 is 5.82 Å². The summed E-state index contributed by atoms with van der Waals surface area (Å²) < 4.78 is 0. The summed E-state index contributed by atoms with van der Waals surface area (Å²) in [5, 5.41) is 6.87. The molecule has 0 amide bonds. The highest BCUT2D eigenvalue weighted by molar-refractivity contribution is 5.42. The van der Waals surface area contributed by atoms with Crippen LogP contribution in [0, 0.1) is 0 Å². The quantitative estimate of drug-likeness (QED) is 0.885. The molecule has 0 spiro atoms. The van der Waals surface area contributed by atoms with Crippen LogP contribution in [0.5, 0.6) is 0 Å². The zero-order valence-electron chi connectivity index (χ0n) is 12.3. The number of nitrogens with zero attached hydrogens (tertiary/aromatic N) is 2. The van der Waals surface area contributed by atoms with Crippen LogP contribution in [-0.4, -0.2) is 29.6 Å². The van der Waals surface area contributed by atoms with E-state index >= 15 is 0 Å². The Morgan fingerprint density at radius 3 is 2.62 bits per heavy atom. The molecule has 110 valence electrons. The van der Waals surface area contributed by atoms with E-state index in [1.165, 1.54) is 5.56 Å². The van der Waals surface area contributed by atoms with E-state index in [0.717, 1.165) is 50.4 Å². The van der Waals surface area contributed by atoms with Crippen LogP contribution in [0.1, 0.15) is 30.0 Å². The third-order valence-electron chi connectivity index (χ3n) is 4.00. The number of hydrogen-bond acceptors (Lipinski definition) is 4. The highest BCUT2D eigenvalue weighted by Gasteiger charge is 2.20. The predicted octanol–water partition coefficient (Wildman–Crippen LogP) is 2.60. The molecule has 2 aromatic rings. The molecule has 1 aliphatic heterocycles. The summed E-state index contributed by atoms with van der Waals surface area (Å²) in [4.78, 5) is 9.07. The van der Waals surface area contributed by atoms with Gasteiger partial charge in [-0.15, -0.1) is 0 Å². The number of piperidine rings is 1. The molecule has 0 saturated carbocycles. The molecule has 1 fully saturated rings. The Bertz CT molecular complexity index is 550. The Labute approximate surface area is 126 Å². The van der Waals surface area contributed by atoms with Crippen molar-refractivity contribution in [1.82, 2.24) is 15.3 Å². The number of hydrogen-bond donors (Lipinski definition) is 2. The molecule has 0 atom stereocenters. The summed E-state index contributed by atoms with van der Waals surface area (Å²) in [6.07, 6.45) is 6.87. The summed E-state index contributed by atoms with van der Waals surface area (Å²) in [7, 11) is 0. The van der Waals surface area contributed by atoms with Gasteiger partial charge >= 0.3 is 0 Å². The highest BCUT2D eigenvalue weighted by Crippen LogP contribution is 2.27. The van der Waals surface area contributed by atoms with E-state index < -0.39 is 0 Å². The second-order valence-corrected chi connectivity index (χ2v) is 5.48. The van der Waals surface area contributed by atoms with Crippen LogP contribution in [0.25, 0.3) is 0 Å². The van der Waals surface area contributed by atoms with Crippen molar-refractivity contribution in [2.24, 2.45) is 0 Å². The van der Waals surface area contributed by atoms with Crippen LogP contribution < -0.4 is 10.6 Å². The Balaban J connectivity index is 1.62. The average Bonchev–Trinajstić information content (AvgIpc) is 2.57. The molecule has 0 aliphatic carbocycles. The fraction of sp³-hybridized carbons (Fsp3) is 0.412. The first kappa shape index (κ1) is 14.0. The zero-order chi connectivity index (χ0) is 14.3. The van der Waals surface area contributed by atoms with Gasteiger partial charge in [-0.05, 0) is 37.9 Å². The van der Waals surface area contributed by atoms with Crippen molar-refractivity contribution in [3.05, 3.63) is 54.0 Å². The maximum absolute atomic E-state index is 4.58. The van der Waals surface area contributed by atoms with Gasteiger partial charge in [0.1, 0.15) is 5.82 Å². The normalized spacial score (nSPS) is 15.8. The predicted molar refractivity (Wildman–Crippen MR) is 85.5 cm³/mol. The zero-order valence-corrected chi connectivity index (χ0v) is 12.3. The van der Waals surface area contributed by atoms with Gasteiger partial charge in [0.25, 0.3) is 0 Å². The van der Waals surface area contributed by atoms with Crippen molar-refractivity contribution in [3.63, 3.8) is 0 Å². The third-order valence-corrected chi connectivity index (χ3v) is 4.00. The minimum absolute atomic E-state index is 0.527. The molecule has 1 aromatic carbocycles. The minimum atomic E-state index is 0.527. The topological polar surface area (TPSA) is 49.8 Å². The lowest BCUT2D eigenvalue weighted by Crippen LogP contribution is -2.27. The maximum atomic E-state index is 4.58. The smallest absolute Gasteiger partial charge is 0.148 e. The van der Waals surface area contributed by atoms with Crippen molar-refractivity contribution < 1.29 is 0 Å². The first-order valence-electron chi connectivity index (χ1n) is 7.73. The monoisotopic (exact) mass is 282 g/mol. The molecule has 0 unspecified atom stereocenters. The lowest BCUT2D eigenvalue weighted by molar-refractivity contribution is 0.453. The number of rotatable bonds is 5. The second kappa shape index (κ2) is 7.18. The molecule has 2 heterocycles. The molecule has 2 N–H and O–H groups in total. The Hall–Kier alpha value is -1.94. The molecule has 1 aromatic heterocycles. The first-order chi connectivity index (χ1) is 10.4. The van der Waals surface area contributed by atoms with Crippen LogP contribution in [-0.2, 0) is 6.42 Å². The molecule has 21 heavy (non-hydrogen) atoms. The lowest BCUT2D eigenvalue weighted by atomic mass is 9.94. The van der Waals surface area contributed by atoms with Crippen molar-refractivity contribution in [1.29, 1.82) is 0 Å². The second-order valence-electron chi connectivity index (χ2n) is 5.48. The molecular formula is C17H22N4. The summed E-state index contributed by atoms with van der Waals surface area (Å²) in [6, 6.07) is 10.5. The van der Waals surface area contributed by atoms with Gasteiger partial charge in [-0.2, -0.15) is 0 Å². The van der Waals surface area contributed by atoms with Gasteiger partial charge in [0.15, 0.2) is 0 Å². The van der Waals surface area contributed by atoms with Crippen molar-refractivity contribution in [2.75, 3.05) is 25.0 Å². The number of aromatic nitrogens is 2. The molecular weight excluding hydrogens is 260 g/mol. The highest BCUT2D eigenvalue weighted by atomic mass is 15.0. The Morgan fingerprint density at radius 2 is 1.81 bits per heavy atom. The van der Waals surface area contributed by atoms with E-state index in [9.17, 15) is 0 Å². The SMILES string of the molecule is c1ccc(CCNc2nccnc2C2CCNCC2)cc1. The molecule has 4 heteroatoms. The van der Waals surface area contributed by atoms with Gasteiger partial charge in [-0.3, -0.25) is 4.98 Å². The van der Waals surface area contributed by atoms with E-state index in [-0.39, 0.29) is 0 Å². The molecule has 0 radical (unpaired) electrons. The molecule has 1 saturated heterocycles. The van der Waals surface area contributed by atoms with Crippen LogP contribution in [0.4, 0.5) is 5.82 Å². The third kappa shape index (κ3) is 3.79. The van der Waals surface area contributed by atoms with E-state index in [1.807, 2.05) is 0 Å². The molecule has 4 nitrogen and oxygen atoms in total. The van der Waals surface area contributed by atoms with Crippen LogP contribution >= 0.6 is 0 Å². The lowest BCUT2D eigenvalue weighted by Gasteiger charge is -2.23. The van der Waals surface area contributed by atoms with Gasteiger partial charge in [-0.25, -0.2) is 4.98 Å². The van der Waals surface area contributed by atoms with Crippen LogP contribution in [0.2, 0.25) is 0 Å². The number of nitrogens with one attached hydrogen (secondary N) is 2. The van der Waals surface area contributed by atoms with Crippen molar-refractivity contribution in [3.8, 4) is 0 Å². The standard InChI is InChI=1S/C17H22N4/c1-2-4-14(5-3-1)6-11-20-17-16(19-12-13-21-17)15-7-9-18-10-8-15/h1-5,12-13,15,18H,6-11H2,(H,20,21). The largest absolute Gasteiger partial charge is 0.368 e. The number of anilines is 1. The average molecular weight is 282 g/mol. The summed E-state index contributed by atoms with van der Waals surface area (Å²) in [6.45, 7) is 3.04. The Kier molecular flexibility index (Phi) is 4.79. The van der Waals surface area contributed by atoms with E-state index in [0.29, 0.717) is 5.92 Å². The van der Waals surface area contributed by atoms with E-state index in [2.05, 4.69) is 50.9 Å². The van der Waals surface area contributed by atoms with Crippen molar-refractivity contribution in [2.45, 2.75) is 25.2 Å². The summed E-state index contributed by atoms with van der Waals surface area (Å²) in [5.41, 5.74) is 2.48. The van der Waals surface area contributed by atoms with Crippen LogP contribution in [0.15, 0.2) is 42.7 Å². The fourth-order valence-electron chi connectivity index (χ4n) is 2.85.